The molecule has 23 heavy (non-hydrogen) atoms. The number of carbonyl (C=O) groups is 1. The van der Waals surface area contributed by atoms with Gasteiger partial charge in [0.1, 0.15) is 4.83 Å². The first-order valence-corrected chi connectivity index (χ1v) is 9.84. The number of amides is 1. The third-order valence-electron chi connectivity index (χ3n) is 4.57. The fourth-order valence-corrected chi connectivity index (χ4v) is 4.89. The first-order chi connectivity index (χ1) is 11.0. The van der Waals surface area contributed by atoms with E-state index in [2.05, 4.69) is 15.2 Å². The second-order valence-corrected chi connectivity index (χ2v) is 8.12. The lowest BCUT2D eigenvalue weighted by atomic mass is 9.98. The molecule has 0 unspecified atom stereocenters. The summed E-state index contributed by atoms with van der Waals surface area (Å²) in [6.07, 6.45) is 3.73. The van der Waals surface area contributed by atoms with Crippen LogP contribution in [0.25, 0.3) is 9.53 Å². The van der Waals surface area contributed by atoms with Crippen molar-refractivity contribution in [3.8, 4) is 0 Å². The maximum Gasteiger partial charge on any atom is 0.261 e. The number of aliphatic hydroxyl groups is 1. The molecule has 1 aliphatic heterocycles. The van der Waals surface area contributed by atoms with Gasteiger partial charge < -0.3 is 15.3 Å². The Bertz CT molecular complexity index is 653. The van der Waals surface area contributed by atoms with Gasteiger partial charge in [0, 0.05) is 19.6 Å². The van der Waals surface area contributed by atoms with E-state index in [1.807, 2.05) is 19.9 Å². The van der Waals surface area contributed by atoms with Crippen LogP contribution >= 0.6 is 22.7 Å². The van der Waals surface area contributed by atoms with E-state index in [4.69, 9.17) is 0 Å². The van der Waals surface area contributed by atoms with Crippen LogP contribution in [-0.4, -0.2) is 41.2 Å². The summed E-state index contributed by atoms with van der Waals surface area (Å²) in [6, 6.07) is 1.92. The molecule has 1 amide bonds. The molecule has 0 radical (unpaired) electrons. The summed E-state index contributed by atoms with van der Waals surface area (Å²) in [5.41, 5.74) is -0.814. The van der Waals surface area contributed by atoms with E-state index in [-0.39, 0.29) is 12.5 Å². The number of nitrogens with zero attached hydrogens (tertiary/aromatic N) is 2. The molecule has 2 N–H and O–H groups in total. The quantitative estimate of drug-likeness (QED) is 0.837. The van der Waals surface area contributed by atoms with Crippen LogP contribution in [0, 0.1) is 0 Å². The van der Waals surface area contributed by atoms with Crippen LogP contribution in [0.4, 0.5) is 5.13 Å². The summed E-state index contributed by atoms with van der Waals surface area (Å²) in [7, 11) is 0. The zero-order valence-electron chi connectivity index (χ0n) is 13.6. The molecule has 1 fully saturated rings. The Morgan fingerprint density at radius 2 is 2.04 bits per heavy atom. The number of rotatable bonds is 6. The van der Waals surface area contributed by atoms with Crippen molar-refractivity contribution in [3.05, 3.63) is 10.9 Å². The number of fused-ring (bicyclic) bond motifs is 1. The lowest BCUT2D eigenvalue weighted by Gasteiger charge is -2.25. The Labute approximate surface area is 144 Å². The average molecular weight is 354 g/mol. The minimum atomic E-state index is -0.814. The highest BCUT2D eigenvalue weighted by Crippen LogP contribution is 2.35. The van der Waals surface area contributed by atoms with Crippen molar-refractivity contribution in [1.29, 1.82) is 0 Å². The van der Waals surface area contributed by atoms with Gasteiger partial charge in [0.15, 0.2) is 5.13 Å². The Hall–Kier alpha value is -1.18. The first kappa shape index (κ1) is 16.7. The van der Waals surface area contributed by atoms with Crippen molar-refractivity contribution in [2.24, 2.45) is 0 Å². The van der Waals surface area contributed by atoms with Crippen LogP contribution in [0.2, 0.25) is 0 Å². The zero-order valence-corrected chi connectivity index (χ0v) is 15.2. The molecule has 3 rings (SSSR count). The molecule has 1 saturated heterocycles. The Morgan fingerprint density at radius 1 is 1.35 bits per heavy atom. The predicted molar refractivity (Wildman–Crippen MR) is 96.8 cm³/mol. The van der Waals surface area contributed by atoms with Gasteiger partial charge in [-0.05, 0) is 31.7 Å². The van der Waals surface area contributed by atoms with Crippen molar-refractivity contribution >= 4 is 43.2 Å². The Morgan fingerprint density at radius 3 is 2.65 bits per heavy atom. The fraction of sp³-hybridized carbons (Fsp3) is 0.625. The maximum absolute atomic E-state index is 12.3. The molecule has 2 aromatic rings. The second-order valence-electron chi connectivity index (χ2n) is 6.08. The molecule has 2 aromatic heterocycles. The van der Waals surface area contributed by atoms with E-state index in [0.29, 0.717) is 17.7 Å². The third-order valence-corrected chi connectivity index (χ3v) is 6.79. The number of nitrogens with one attached hydrogen (secondary N) is 1. The van der Waals surface area contributed by atoms with Gasteiger partial charge in [-0.1, -0.05) is 25.2 Å². The number of hydrogen-bond acceptors (Lipinski definition) is 6. The van der Waals surface area contributed by atoms with Gasteiger partial charge in [0.2, 0.25) is 0 Å². The third kappa shape index (κ3) is 3.51. The number of carbonyl (C=O) groups excluding carboxylic acids is 1. The van der Waals surface area contributed by atoms with Crippen molar-refractivity contribution in [3.63, 3.8) is 0 Å². The summed E-state index contributed by atoms with van der Waals surface area (Å²) in [5.74, 6) is -0.122. The fourth-order valence-electron chi connectivity index (χ4n) is 2.71. The van der Waals surface area contributed by atoms with Gasteiger partial charge in [-0.15, -0.1) is 11.3 Å². The normalized spacial score (nSPS) is 15.5. The van der Waals surface area contributed by atoms with Gasteiger partial charge in [0.05, 0.1) is 15.2 Å². The minimum absolute atomic E-state index is 0.122. The zero-order chi connectivity index (χ0) is 16.4. The van der Waals surface area contributed by atoms with Gasteiger partial charge in [0.25, 0.3) is 5.91 Å². The lowest BCUT2D eigenvalue weighted by Crippen LogP contribution is -2.41. The lowest BCUT2D eigenvalue weighted by molar-refractivity contribution is 0.0314. The summed E-state index contributed by atoms with van der Waals surface area (Å²) in [4.78, 5) is 20.9. The SMILES string of the molecule is CCC(O)(CC)CNC(=O)c1cc2sc(N3CCCC3)nc2s1. The van der Waals surface area contributed by atoms with Crippen LogP contribution in [0.15, 0.2) is 6.07 Å². The summed E-state index contributed by atoms with van der Waals surface area (Å²) < 4.78 is 1.07. The molecule has 5 nitrogen and oxygen atoms in total. The number of anilines is 1. The molecule has 0 atom stereocenters. The Kier molecular flexibility index (Phi) is 4.89. The van der Waals surface area contributed by atoms with E-state index in [9.17, 15) is 9.90 Å². The molecule has 0 aliphatic carbocycles. The molecule has 1 aliphatic rings. The van der Waals surface area contributed by atoms with Gasteiger partial charge in [-0.25, -0.2) is 4.98 Å². The van der Waals surface area contributed by atoms with Gasteiger partial charge in [-0.2, -0.15) is 0 Å². The highest BCUT2D eigenvalue weighted by atomic mass is 32.1. The number of hydrogen-bond donors (Lipinski definition) is 2. The van der Waals surface area contributed by atoms with Crippen LogP contribution in [-0.2, 0) is 0 Å². The van der Waals surface area contributed by atoms with Crippen molar-refractivity contribution in [2.75, 3.05) is 24.5 Å². The van der Waals surface area contributed by atoms with Gasteiger partial charge in [-0.3, -0.25) is 4.79 Å². The molecule has 0 bridgehead atoms. The highest BCUT2D eigenvalue weighted by Gasteiger charge is 2.24. The topological polar surface area (TPSA) is 65.5 Å². The second kappa shape index (κ2) is 6.75. The molecule has 7 heteroatoms. The molecule has 3 heterocycles. The summed E-state index contributed by atoms with van der Waals surface area (Å²) >= 11 is 3.09. The molecule has 0 aromatic carbocycles. The van der Waals surface area contributed by atoms with E-state index in [1.54, 1.807) is 11.3 Å². The molecule has 126 valence electrons. The molecule has 0 saturated carbocycles. The summed E-state index contributed by atoms with van der Waals surface area (Å²) in [6.45, 7) is 6.32. The maximum atomic E-state index is 12.3. The summed E-state index contributed by atoms with van der Waals surface area (Å²) in [5, 5.41) is 14.2. The van der Waals surface area contributed by atoms with Crippen molar-refractivity contribution in [1.82, 2.24) is 10.3 Å². The monoisotopic (exact) mass is 353 g/mol. The average Bonchev–Trinajstić information content (AvgIpc) is 3.26. The van der Waals surface area contributed by atoms with Crippen LogP contribution < -0.4 is 10.2 Å². The van der Waals surface area contributed by atoms with Crippen molar-refractivity contribution in [2.45, 2.75) is 45.1 Å². The van der Waals surface area contributed by atoms with Crippen LogP contribution in [0.3, 0.4) is 0 Å². The number of thiazole rings is 1. The first-order valence-electron chi connectivity index (χ1n) is 8.20. The van der Waals surface area contributed by atoms with Crippen LogP contribution in [0.5, 0.6) is 0 Å². The predicted octanol–water partition coefficient (Wildman–Crippen LogP) is 3.24. The van der Waals surface area contributed by atoms with Crippen molar-refractivity contribution < 1.29 is 9.90 Å². The highest BCUT2D eigenvalue weighted by molar-refractivity contribution is 7.29. The standard InChI is InChI=1S/C16H23N3O2S2/c1-3-16(21,4-2)10-17-13(20)11-9-12-14(22-11)18-15(23-12)19-7-5-6-8-19/h9,21H,3-8,10H2,1-2H3,(H,17,20). The molecule has 0 spiro atoms. The van der Waals surface area contributed by atoms with E-state index in [0.717, 1.165) is 27.8 Å². The molecular formula is C16H23N3O2S2. The molecular weight excluding hydrogens is 330 g/mol. The Balaban J connectivity index is 1.68. The number of thiophene rings is 1. The largest absolute Gasteiger partial charge is 0.388 e. The minimum Gasteiger partial charge on any atom is -0.388 e. The van der Waals surface area contributed by atoms with E-state index < -0.39 is 5.60 Å². The number of aromatic nitrogens is 1. The van der Waals surface area contributed by atoms with E-state index in [1.165, 1.54) is 24.2 Å². The van der Waals surface area contributed by atoms with Gasteiger partial charge >= 0.3 is 0 Å². The van der Waals surface area contributed by atoms with E-state index >= 15 is 0 Å². The smallest absolute Gasteiger partial charge is 0.261 e. The van der Waals surface area contributed by atoms with Crippen LogP contribution in [0.1, 0.15) is 49.2 Å².